The van der Waals surface area contributed by atoms with Crippen molar-refractivity contribution in [2.24, 2.45) is 0 Å². The maximum absolute atomic E-state index is 11.7. The Labute approximate surface area is 87.2 Å². The van der Waals surface area contributed by atoms with E-state index in [1.165, 1.54) is 18.3 Å². The van der Waals surface area contributed by atoms with Crippen LogP contribution in [0.2, 0.25) is 0 Å². The average molecular weight is 270 g/mol. The molecule has 0 spiro atoms. The highest BCUT2D eigenvalue weighted by molar-refractivity contribution is 9.10. The minimum absolute atomic E-state index is 0.371. The van der Waals surface area contributed by atoms with Gasteiger partial charge in [0, 0.05) is 12.3 Å². The molecule has 0 aliphatic heterocycles. The summed E-state index contributed by atoms with van der Waals surface area (Å²) >= 11 is 3.08. The molecule has 1 aromatic rings. The monoisotopic (exact) mass is 269 g/mol. The Bertz CT molecular complexity index is 303. The number of hydrogen-bond acceptors (Lipinski definition) is 2. The molecule has 1 rings (SSSR count). The van der Waals surface area contributed by atoms with Crippen molar-refractivity contribution >= 4 is 15.9 Å². The summed E-state index contributed by atoms with van der Waals surface area (Å²) in [5.41, 5.74) is 0. The van der Waals surface area contributed by atoms with Crippen LogP contribution in [0.15, 0.2) is 22.9 Å². The molecule has 2 nitrogen and oxygen atoms in total. The van der Waals surface area contributed by atoms with Gasteiger partial charge in [0.15, 0.2) is 0 Å². The van der Waals surface area contributed by atoms with Gasteiger partial charge in [-0.2, -0.15) is 13.2 Å². The molecular weight excluding hydrogens is 263 g/mol. The predicted molar refractivity (Wildman–Crippen MR) is 48.1 cm³/mol. The quantitative estimate of drug-likeness (QED) is 0.787. The Kier molecular flexibility index (Phi) is 3.74. The van der Waals surface area contributed by atoms with Crippen molar-refractivity contribution in [1.29, 1.82) is 0 Å². The van der Waals surface area contributed by atoms with Crippen LogP contribution in [-0.2, 0) is 0 Å². The van der Waals surface area contributed by atoms with Gasteiger partial charge in [0.25, 0.3) is 0 Å². The molecule has 0 bridgehead atoms. The lowest BCUT2D eigenvalue weighted by molar-refractivity contribution is -0.139. The zero-order valence-electron chi connectivity index (χ0n) is 7.01. The molecule has 0 N–H and O–H groups in total. The van der Waals surface area contributed by atoms with Crippen LogP contribution in [0.1, 0.15) is 6.42 Å². The summed E-state index contributed by atoms with van der Waals surface area (Å²) in [6, 6.07) is 3.01. The van der Waals surface area contributed by atoms with E-state index in [0.29, 0.717) is 10.4 Å². The van der Waals surface area contributed by atoms with E-state index in [1.54, 1.807) is 0 Å². The zero-order valence-corrected chi connectivity index (χ0v) is 8.60. The van der Waals surface area contributed by atoms with Gasteiger partial charge in [-0.3, -0.25) is 0 Å². The third-order valence-corrected chi connectivity index (χ3v) is 1.79. The molecule has 0 aromatic carbocycles. The van der Waals surface area contributed by atoms with E-state index in [2.05, 4.69) is 20.9 Å². The first-order valence-corrected chi connectivity index (χ1v) is 4.58. The number of ether oxygens (including phenoxy) is 1. The number of aromatic nitrogens is 1. The molecule has 0 saturated heterocycles. The maximum atomic E-state index is 11.7. The van der Waals surface area contributed by atoms with E-state index in [4.69, 9.17) is 4.74 Å². The van der Waals surface area contributed by atoms with Crippen molar-refractivity contribution in [3.63, 3.8) is 0 Å². The van der Waals surface area contributed by atoms with Crippen molar-refractivity contribution < 1.29 is 17.9 Å². The number of pyridine rings is 1. The van der Waals surface area contributed by atoms with Crippen LogP contribution in [-0.4, -0.2) is 17.8 Å². The second kappa shape index (κ2) is 4.63. The molecule has 0 saturated carbocycles. The lowest BCUT2D eigenvalue weighted by Gasteiger charge is -2.08. The van der Waals surface area contributed by atoms with Gasteiger partial charge in [-0.15, -0.1) is 0 Å². The Morgan fingerprint density at radius 1 is 1.43 bits per heavy atom. The van der Waals surface area contributed by atoms with E-state index in [1.807, 2.05) is 0 Å². The van der Waals surface area contributed by atoms with Gasteiger partial charge in [-0.05, 0) is 22.0 Å². The van der Waals surface area contributed by atoms with Gasteiger partial charge < -0.3 is 4.74 Å². The van der Waals surface area contributed by atoms with E-state index in [-0.39, 0.29) is 6.61 Å². The van der Waals surface area contributed by atoms with Gasteiger partial charge in [0.1, 0.15) is 10.4 Å². The number of rotatable bonds is 3. The highest BCUT2D eigenvalue weighted by Gasteiger charge is 2.26. The van der Waals surface area contributed by atoms with Crippen molar-refractivity contribution in [3.05, 3.63) is 22.9 Å². The van der Waals surface area contributed by atoms with E-state index in [9.17, 15) is 13.2 Å². The predicted octanol–water partition coefficient (Wildman–Crippen LogP) is 3.18. The summed E-state index contributed by atoms with van der Waals surface area (Å²) in [7, 11) is 0. The number of nitrogens with zero attached hydrogens (tertiary/aromatic N) is 1. The van der Waals surface area contributed by atoms with Crippen molar-refractivity contribution in [2.45, 2.75) is 12.6 Å². The largest absolute Gasteiger partial charge is 0.493 e. The van der Waals surface area contributed by atoms with Crippen LogP contribution in [0.4, 0.5) is 13.2 Å². The number of hydrogen-bond donors (Lipinski definition) is 0. The standard InChI is InChI=1S/C8H7BrF3NO/c9-7-5-6(1-3-13-7)14-4-2-8(10,11)12/h1,3,5H,2,4H2. The van der Waals surface area contributed by atoms with E-state index >= 15 is 0 Å². The summed E-state index contributed by atoms with van der Waals surface area (Å²) in [5.74, 6) is 0.371. The molecule has 1 aromatic heterocycles. The van der Waals surface area contributed by atoms with Crippen LogP contribution < -0.4 is 4.74 Å². The molecule has 1 heterocycles. The lowest BCUT2D eigenvalue weighted by Crippen LogP contribution is -2.12. The summed E-state index contributed by atoms with van der Waals surface area (Å²) < 4.78 is 40.6. The van der Waals surface area contributed by atoms with Gasteiger partial charge in [-0.25, -0.2) is 4.98 Å². The Balaban J connectivity index is 2.39. The minimum Gasteiger partial charge on any atom is -0.493 e. The Hall–Kier alpha value is -0.780. The SMILES string of the molecule is FC(F)(F)CCOc1ccnc(Br)c1. The van der Waals surface area contributed by atoms with Gasteiger partial charge >= 0.3 is 6.18 Å². The number of alkyl halides is 3. The third-order valence-electron chi connectivity index (χ3n) is 1.35. The topological polar surface area (TPSA) is 22.1 Å². The van der Waals surface area contributed by atoms with Crippen molar-refractivity contribution in [2.75, 3.05) is 6.61 Å². The fourth-order valence-corrected chi connectivity index (χ4v) is 1.10. The molecule has 6 heteroatoms. The van der Waals surface area contributed by atoms with Crippen LogP contribution in [0, 0.1) is 0 Å². The second-order valence-corrected chi connectivity index (χ2v) is 3.34. The smallest absolute Gasteiger partial charge is 0.392 e. The molecule has 0 radical (unpaired) electrons. The highest BCUT2D eigenvalue weighted by Crippen LogP contribution is 2.21. The fourth-order valence-electron chi connectivity index (χ4n) is 0.759. The summed E-state index contributed by atoms with van der Waals surface area (Å²) in [4.78, 5) is 3.81. The molecule has 0 amide bonds. The zero-order chi connectivity index (χ0) is 10.6. The van der Waals surface area contributed by atoms with E-state index < -0.39 is 12.6 Å². The second-order valence-electron chi connectivity index (χ2n) is 2.53. The maximum Gasteiger partial charge on any atom is 0.392 e. The van der Waals surface area contributed by atoms with Crippen LogP contribution in [0.5, 0.6) is 5.75 Å². The van der Waals surface area contributed by atoms with Gasteiger partial charge in [-0.1, -0.05) is 0 Å². The Morgan fingerprint density at radius 3 is 2.71 bits per heavy atom. The first-order chi connectivity index (χ1) is 6.47. The lowest BCUT2D eigenvalue weighted by atomic mass is 10.4. The molecule has 14 heavy (non-hydrogen) atoms. The summed E-state index contributed by atoms with van der Waals surface area (Å²) in [6.07, 6.45) is -3.68. The van der Waals surface area contributed by atoms with Crippen molar-refractivity contribution in [1.82, 2.24) is 4.98 Å². The molecule has 0 aliphatic carbocycles. The fraction of sp³-hybridized carbons (Fsp3) is 0.375. The molecule has 0 aliphatic rings. The van der Waals surface area contributed by atoms with Gasteiger partial charge in [0.2, 0.25) is 0 Å². The molecule has 0 fully saturated rings. The first kappa shape index (κ1) is 11.3. The van der Waals surface area contributed by atoms with Crippen LogP contribution in [0.25, 0.3) is 0 Å². The van der Waals surface area contributed by atoms with E-state index in [0.717, 1.165) is 0 Å². The third kappa shape index (κ3) is 4.45. The van der Waals surface area contributed by atoms with Crippen LogP contribution in [0.3, 0.4) is 0 Å². The highest BCUT2D eigenvalue weighted by atomic mass is 79.9. The molecular formula is C8H7BrF3NO. The summed E-state index contributed by atoms with van der Waals surface area (Å²) in [5, 5.41) is 0. The van der Waals surface area contributed by atoms with Crippen molar-refractivity contribution in [3.8, 4) is 5.75 Å². The molecule has 0 atom stereocenters. The number of halogens is 4. The minimum atomic E-state index is -4.18. The Morgan fingerprint density at radius 2 is 2.14 bits per heavy atom. The molecule has 78 valence electrons. The first-order valence-electron chi connectivity index (χ1n) is 3.78. The summed E-state index contributed by atoms with van der Waals surface area (Å²) in [6.45, 7) is -0.375. The van der Waals surface area contributed by atoms with Gasteiger partial charge in [0.05, 0.1) is 13.0 Å². The normalized spacial score (nSPS) is 11.4. The van der Waals surface area contributed by atoms with Crippen LogP contribution >= 0.6 is 15.9 Å². The average Bonchev–Trinajstić information content (AvgIpc) is 2.01. The molecule has 0 unspecified atom stereocenters.